The summed E-state index contributed by atoms with van der Waals surface area (Å²) >= 11 is 0. The number of carbonyl (C=O) groups excluding carboxylic acids is 2. The molecular formula is C22H32N4O2. The first kappa shape index (κ1) is 20.6. The van der Waals surface area contributed by atoms with E-state index in [2.05, 4.69) is 12.1 Å². The van der Waals surface area contributed by atoms with Crippen LogP contribution in [-0.2, 0) is 9.59 Å². The van der Waals surface area contributed by atoms with Crippen molar-refractivity contribution in [1.82, 2.24) is 9.80 Å². The summed E-state index contributed by atoms with van der Waals surface area (Å²) in [5.41, 5.74) is 0.0706. The Bertz CT molecular complexity index is 634. The molecule has 6 heteroatoms. The highest BCUT2D eigenvalue weighted by molar-refractivity contribution is 5.78. The second-order valence-electron chi connectivity index (χ2n) is 9.76. The summed E-state index contributed by atoms with van der Waals surface area (Å²) in [6, 6.07) is 4.22. The Labute approximate surface area is 168 Å². The minimum atomic E-state index is 0.0353. The van der Waals surface area contributed by atoms with Gasteiger partial charge in [0.1, 0.15) is 0 Å². The fourth-order valence-electron chi connectivity index (χ4n) is 6.66. The lowest BCUT2D eigenvalue weighted by atomic mass is 9.43. The lowest BCUT2D eigenvalue weighted by Gasteiger charge is -2.62. The van der Waals surface area contributed by atoms with Crippen molar-refractivity contribution in [1.29, 1.82) is 10.5 Å². The third-order valence-corrected chi connectivity index (χ3v) is 7.33. The highest BCUT2D eigenvalue weighted by Crippen LogP contribution is 2.67. The molecule has 4 fully saturated rings. The summed E-state index contributed by atoms with van der Waals surface area (Å²) in [5, 5.41) is 17.5. The first-order valence-electron chi connectivity index (χ1n) is 10.5. The lowest BCUT2D eigenvalue weighted by molar-refractivity contribution is -0.153. The molecule has 4 aliphatic rings. The molecule has 0 N–H and O–H groups in total. The quantitative estimate of drug-likeness (QED) is 0.643. The first-order chi connectivity index (χ1) is 13.3. The van der Waals surface area contributed by atoms with E-state index in [4.69, 9.17) is 10.5 Å². The number of hydrogen-bond donors (Lipinski definition) is 0. The molecule has 0 aromatic rings. The molecule has 4 bridgehead atoms. The molecule has 0 aromatic carbocycles. The molecule has 2 amide bonds. The van der Waals surface area contributed by atoms with Gasteiger partial charge in [-0.25, -0.2) is 0 Å². The number of rotatable bonds is 8. The Kier molecular flexibility index (Phi) is 5.98. The van der Waals surface area contributed by atoms with Crippen molar-refractivity contribution in [3.8, 4) is 12.1 Å². The lowest BCUT2D eigenvalue weighted by Crippen LogP contribution is -2.54. The van der Waals surface area contributed by atoms with Gasteiger partial charge in [0.25, 0.3) is 0 Å². The summed E-state index contributed by atoms with van der Waals surface area (Å²) in [5.74, 6) is 1.56. The molecule has 6 nitrogen and oxygen atoms in total. The van der Waals surface area contributed by atoms with Gasteiger partial charge in [-0.15, -0.1) is 0 Å². The van der Waals surface area contributed by atoms with Crippen LogP contribution in [0.1, 0.15) is 64.2 Å². The Morgan fingerprint density at radius 2 is 1.25 bits per heavy atom. The zero-order valence-electron chi connectivity index (χ0n) is 17.2. The molecule has 0 aromatic heterocycles. The van der Waals surface area contributed by atoms with Crippen LogP contribution >= 0.6 is 0 Å². The fourth-order valence-corrected chi connectivity index (χ4v) is 6.66. The normalized spacial score (nSPS) is 32.4. The average molecular weight is 385 g/mol. The maximum absolute atomic E-state index is 12.8. The average Bonchev–Trinajstić information content (AvgIpc) is 2.62. The number of amides is 2. The van der Waals surface area contributed by atoms with Crippen molar-refractivity contribution in [2.24, 2.45) is 22.7 Å². The molecule has 4 aliphatic carbocycles. The summed E-state index contributed by atoms with van der Waals surface area (Å²) in [6.07, 6.45) is 8.53. The Morgan fingerprint density at radius 1 is 0.857 bits per heavy atom. The van der Waals surface area contributed by atoms with Crippen molar-refractivity contribution in [3.05, 3.63) is 0 Å². The van der Waals surface area contributed by atoms with Crippen LogP contribution in [0.2, 0.25) is 0 Å². The maximum Gasteiger partial charge on any atom is 0.222 e. The van der Waals surface area contributed by atoms with E-state index in [0.717, 1.165) is 32.1 Å². The number of nitrogens with zero attached hydrogens (tertiary/aromatic N) is 4. The number of carbonyl (C=O) groups is 2. The Balaban J connectivity index is 1.69. The first-order valence-corrected chi connectivity index (χ1v) is 10.5. The zero-order chi connectivity index (χ0) is 20.4. The van der Waals surface area contributed by atoms with Gasteiger partial charge in [-0.1, -0.05) is 0 Å². The van der Waals surface area contributed by atoms with Crippen molar-refractivity contribution in [3.63, 3.8) is 0 Å². The van der Waals surface area contributed by atoms with Crippen molar-refractivity contribution in [2.45, 2.75) is 64.2 Å². The van der Waals surface area contributed by atoms with E-state index in [9.17, 15) is 9.59 Å². The second-order valence-corrected chi connectivity index (χ2v) is 9.76. The molecule has 4 rings (SSSR count). The van der Waals surface area contributed by atoms with Crippen LogP contribution in [0.3, 0.4) is 0 Å². The Morgan fingerprint density at radius 3 is 1.61 bits per heavy atom. The highest BCUT2D eigenvalue weighted by atomic mass is 16.2. The SMILES string of the molecule is CN(CCC#N)C(=O)CC12CC3CC(C1)CC(CC(=O)N(C)CCC#N)(C3)C2. The van der Waals surface area contributed by atoms with Gasteiger partial charge < -0.3 is 9.80 Å². The van der Waals surface area contributed by atoms with E-state index < -0.39 is 0 Å². The minimum Gasteiger partial charge on any atom is -0.345 e. The molecular weight excluding hydrogens is 352 g/mol. The summed E-state index contributed by atoms with van der Waals surface area (Å²) < 4.78 is 0. The molecule has 0 atom stereocenters. The standard InChI is InChI=1S/C22H32N4O2/c1-25(7-3-5-23)19(27)14-21-10-17-9-18(11-21)13-22(12-17,16-21)15-20(28)26(2)8-4-6-24/h17-18H,3-4,7-16H2,1-2H3. The molecule has 0 spiro atoms. The predicted molar refractivity (Wildman–Crippen MR) is 105 cm³/mol. The third kappa shape index (κ3) is 4.32. The summed E-state index contributed by atoms with van der Waals surface area (Å²) in [7, 11) is 3.59. The van der Waals surface area contributed by atoms with Crippen LogP contribution in [0, 0.1) is 45.3 Å². The monoisotopic (exact) mass is 384 g/mol. The molecule has 0 saturated heterocycles. The smallest absolute Gasteiger partial charge is 0.222 e. The van der Waals surface area contributed by atoms with Crippen LogP contribution < -0.4 is 0 Å². The molecule has 0 heterocycles. The van der Waals surface area contributed by atoms with Crippen LogP contribution in [0.25, 0.3) is 0 Å². The zero-order valence-corrected chi connectivity index (χ0v) is 17.2. The predicted octanol–water partition coefficient (Wildman–Crippen LogP) is 3.10. The van der Waals surface area contributed by atoms with E-state index >= 15 is 0 Å². The van der Waals surface area contributed by atoms with Crippen molar-refractivity contribution in [2.75, 3.05) is 27.2 Å². The molecule has 4 saturated carbocycles. The van der Waals surface area contributed by atoms with E-state index in [1.807, 2.05) is 0 Å². The molecule has 0 unspecified atom stereocenters. The van der Waals surface area contributed by atoms with Gasteiger partial charge in [0.15, 0.2) is 0 Å². The summed E-state index contributed by atoms with van der Waals surface area (Å²) in [4.78, 5) is 29.0. The van der Waals surface area contributed by atoms with Crippen LogP contribution in [0.4, 0.5) is 0 Å². The fraction of sp³-hybridized carbons (Fsp3) is 0.818. The topological polar surface area (TPSA) is 88.2 Å². The van der Waals surface area contributed by atoms with Gasteiger partial charge >= 0.3 is 0 Å². The minimum absolute atomic E-state index is 0.0353. The molecule has 152 valence electrons. The largest absolute Gasteiger partial charge is 0.345 e. The van der Waals surface area contributed by atoms with Crippen LogP contribution in [0.15, 0.2) is 0 Å². The van der Waals surface area contributed by atoms with Gasteiger partial charge in [0.05, 0.1) is 25.0 Å². The van der Waals surface area contributed by atoms with Gasteiger partial charge in [-0.2, -0.15) is 10.5 Å². The second kappa shape index (κ2) is 8.11. The maximum atomic E-state index is 12.8. The number of hydrogen-bond acceptors (Lipinski definition) is 4. The summed E-state index contributed by atoms with van der Waals surface area (Å²) in [6.45, 7) is 0.983. The van der Waals surface area contributed by atoms with Crippen molar-refractivity contribution < 1.29 is 9.59 Å². The van der Waals surface area contributed by atoms with E-state index in [0.29, 0.717) is 50.6 Å². The van der Waals surface area contributed by atoms with Gasteiger partial charge in [-0.05, 0) is 61.2 Å². The molecule has 0 aliphatic heterocycles. The third-order valence-electron chi connectivity index (χ3n) is 7.33. The highest BCUT2D eigenvalue weighted by Gasteiger charge is 2.58. The van der Waals surface area contributed by atoms with E-state index in [-0.39, 0.29) is 22.6 Å². The van der Waals surface area contributed by atoms with Crippen LogP contribution in [-0.4, -0.2) is 48.8 Å². The van der Waals surface area contributed by atoms with Gasteiger partial charge in [-0.3, -0.25) is 9.59 Å². The van der Waals surface area contributed by atoms with Gasteiger partial charge in [0, 0.05) is 40.0 Å². The van der Waals surface area contributed by atoms with Crippen LogP contribution in [0.5, 0.6) is 0 Å². The Hall–Kier alpha value is -2.08. The molecule has 0 radical (unpaired) electrons. The number of nitriles is 2. The van der Waals surface area contributed by atoms with E-state index in [1.165, 1.54) is 6.42 Å². The van der Waals surface area contributed by atoms with E-state index in [1.54, 1.807) is 23.9 Å². The molecule has 28 heavy (non-hydrogen) atoms. The van der Waals surface area contributed by atoms with Gasteiger partial charge in [0.2, 0.25) is 11.8 Å². The van der Waals surface area contributed by atoms with Crippen molar-refractivity contribution >= 4 is 11.8 Å².